The minimum atomic E-state index is -0.254. The molecule has 0 bridgehead atoms. The first-order valence-corrected chi connectivity index (χ1v) is 9.64. The van der Waals surface area contributed by atoms with E-state index in [4.69, 9.17) is 5.73 Å². The summed E-state index contributed by atoms with van der Waals surface area (Å²) in [6.07, 6.45) is 2.15. The number of likely N-dealkylation sites (N-methyl/N-ethyl adjacent to an activating group) is 1. The van der Waals surface area contributed by atoms with Gasteiger partial charge in [0.15, 0.2) is 0 Å². The van der Waals surface area contributed by atoms with Crippen LogP contribution in [0.3, 0.4) is 0 Å². The number of rotatable bonds is 9. The Bertz CT molecular complexity index is 513. The maximum absolute atomic E-state index is 12.3. The summed E-state index contributed by atoms with van der Waals surface area (Å²) in [5, 5.41) is 3.04. The molecule has 1 amide bonds. The Hall–Kier alpha value is -0.560. The van der Waals surface area contributed by atoms with Gasteiger partial charge in [-0.25, -0.2) is 0 Å². The topological polar surface area (TPSA) is 61.6 Å². The SMILES string of the molecule is CCN1CCN(CCCCNC(=O)C(C)C(N)c2ccccc2)CC1.Cl.Cl.Cl. The van der Waals surface area contributed by atoms with Gasteiger partial charge in [0.2, 0.25) is 5.91 Å². The van der Waals surface area contributed by atoms with Crippen LogP contribution in [0.25, 0.3) is 0 Å². The first kappa shape index (κ1) is 29.6. The first-order valence-electron chi connectivity index (χ1n) is 9.64. The summed E-state index contributed by atoms with van der Waals surface area (Å²) in [5.41, 5.74) is 7.23. The van der Waals surface area contributed by atoms with Crippen LogP contribution in [0.2, 0.25) is 0 Å². The summed E-state index contributed by atoms with van der Waals surface area (Å²) in [6, 6.07) is 9.58. The lowest BCUT2D eigenvalue weighted by Crippen LogP contribution is -2.46. The van der Waals surface area contributed by atoms with Crippen molar-refractivity contribution in [3.05, 3.63) is 35.9 Å². The summed E-state index contributed by atoms with van der Waals surface area (Å²) >= 11 is 0. The Labute approximate surface area is 189 Å². The highest BCUT2D eigenvalue weighted by atomic mass is 35.5. The molecule has 0 radical (unpaired) electrons. The van der Waals surface area contributed by atoms with E-state index in [9.17, 15) is 4.79 Å². The van der Waals surface area contributed by atoms with Crippen molar-refractivity contribution in [2.45, 2.75) is 32.7 Å². The Morgan fingerprint density at radius 1 is 1.04 bits per heavy atom. The van der Waals surface area contributed by atoms with Crippen molar-refractivity contribution in [2.24, 2.45) is 11.7 Å². The molecule has 1 aliphatic heterocycles. The van der Waals surface area contributed by atoms with Crippen LogP contribution < -0.4 is 11.1 Å². The van der Waals surface area contributed by atoms with Gasteiger partial charge in [-0.2, -0.15) is 0 Å². The third kappa shape index (κ3) is 9.77. The predicted molar refractivity (Wildman–Crippen MR) is 125 cm³/mol. The number of hydrogen-bond acceptors (Lipinski definition) is 4. The molecule has 0 spiro atoms. The zero-order valence-corrected chi connectivity index (χ0v) is 19.5. The third-order valence-corrected chi connectivity index (χ3v) is 5.25. The third-order valence-electron chi connectivity index (χ3n) is 5.25. The van der Waals surface area contributed by atoms with Crippen molar-refractivity contribution in [3.8, 4) is 0 Å². The molecule has 0 saturated carbocycles. The van der Waals surface area contributed by atoms with Gasteiger partial charge in [0.05, 0.1) is 5.92 Å². The molecule has 1 aromatic carbocycles. The molecule has 1 saturated heterocycles. The number of nitrogens with zero attached hydrogens (tertiary/aromatic N) is 2. The largest absolute Gasteiger partial charge is 0.356 e. The number of nitrogens with two attached hydrogens (primary N) is 1. The number of halogens is 3. The van der Waals surface area contributed by atoms with Crippen LogP contribution in [-0.4, -0.2) is 61.5 Å². The number of benzene rings is 1. The molecular formula is C20H37Cl3N4O. The van der Waals surface area contributed by atoms with Crippen LogP contribution in [0.4, 0.5) is 0 Å². The normalized spacial score (nSPS) is 16.7. The van der Waals surface area contributed by atoms with Crippen molar-refractivity contribution in [2.75, 3.05) is 45.8 Å². The molecule has 28 heavy (non-hydrogen) atoms. The van der Waals surface area contributed by atoms with Gasteiger partial charge >= 0.3 is 0 Å². The second-order valence-electron chi connectivity index (χ2n) is 7.00. The summed E-state index contributed by atoms with van der Waals surface area (Å²) in [6.45, 7) is 11.9. The number of carbonyl (C=O) groups excluding carboxylic acids is 1. The highest BCUT2D eigenvalue weighted by Crippen LogP contribution is 2.18. The Kier molecular flexibility index (Phi) is 17.2. The zero-order valence-electron chi connectivity index (χ0n) is 17.0. The molecule has 2 unspecified atom stereocenters. The van der Waals surface area contributed by atoms with Crippen LogP contribution in [0, 0.1) is 5.92 Å². The van der Waals surface area contributed by atoms with E-state index in [1.165, 1.54) is 26.2 Å². The number of nitrogens with one attached hydrogen (secondary N) is 1. The molecular weight excluding hydrogens is 419 g/mol. The smallest absolute Gasteiger partial charge is 0.224 e. The fourth-order valence-electron chi connectivity index (χ4n) is 3.29. The molecule has 2 atom stereocenters. The van der Waals surface area contributed by atoms with Crippen molar-refractivity contribution in [3.63, 3.8) is 0 Å². The molecule has 0 aromatic heterocycles. The summed E-state index contributed by atoms with van der Waals surface area (Å²) < 4.78 is 0. The van der Waals surface area contributed by atoms with Gasteiger partial charge in [-0.05, 0) is 31.5 Å². The Balaban J connectivity index is 0. The van der Waals surface area contributed by atoms with Crippen LogP contribution in [0.5, 0.6) is 0 Å². The lowest BCUT2D eigenvalue weighted by molar-refractivity contribution is -0.125. The lowest BCUT2D eigenvalue weighted by Gasteiger charge is -2.34. The summed E-state index contributed by atoms with van der Waals surface area (Å²) in [5.74, 6) is -0.169. The molecule has 8 heteroatoms. The van der Waals surface area contributed by atoms with E-state index in [1.54, 1.807) is 0 Å². The molecule has 5 nitrogen and oxygen atoms in total. The Morgan fingerprint density at radius 3 is 2.18 bits per heavy atom. The molecule has 1 aliphatic rings. The van der Waals surface area contributed by atoms with E-state index in [1.807, 2.05) is 37.3 Å². The number of piperazine rings is 1. The number of amides is 1. The van der Waals surface area contributed by atoms with Crippen molar-refractivity contribution < 1.29 is 4.79 Å². The van der Waals surface area contributed by atoms with Crippen molar-refractivity contribution in [1.82, 2.24) is 15.1 Å². The minimum Gasteiger partial charge on any atom is -0.356 e. The summed E-state index contributed by atoms with van der Waals surface area (Å²) in [4.78, 5) is 17.3. The molecule has 1 aromatic rings. The highest BCUT2D eigenvalue weighted by Gasteiger charge is 2.21. The molecule has 3 N–H and O–H groups in total. The van der Waals surface area contributed by atoms with Gasteiger partial charge in [0.1, 0.15) is 0 Å². The lowest BCUT2D eigenvalue weighted by atomic mass is 9.94. The van der Waals surface area contributed by atoms with E-state index in [-0.39, 0.29) is 55.1 Å². The van der Waals surface area contributed by atoms with Gasteiger partial charge < -0.3 is 20.9 Å². The first-order chi connectivity index (χ1) is 12.1. The van der Waals surface area contributed by atoms with Crippen molar-refractivity contribution >= 4 is 43.1 Å². The van der Waals surface area contributed by atoms with Gasteiger partial charge in [-0.1, -0.05) is 44.2 Å². The van der Waals surface area contributed by atoms with Crippen LogP contribution >= 0.6 is 37.2 Å². The number of unbranched alkanes of at least 4 members (excludes halogenated alkanes) is 1. The van der Waals surface area contributed by atoms with Crippen LogP contribution in [0.1, 0.15) is 38.3 Å². The van der Waals surface area contributed by atoms with Gasteiger partial charge in [0, 0.05) is 38.8 Å². The highest BCUT2D eigenvalue weighted by molar-refractivity contribution is 5.86. The van der Waals surface area contributed by atoms with E-state index >= 15 is 0 Å². The number of carbonyl (C=O) groups is 1. The van der Waals surface area contributed by atoms with Gasteiger partial charge in [0.25, 0.3) is 0 Å². The average molecular weight is 456 g/mol. The Morgan fingerprint density at radius 2 is 1.61 bits per heavy atom. The van der Waals surface area contributed by atoms with Crippen LogP contribution in [0.15, 0.2) is 30.3 Å². The second-order valence-corrected chi connectivity index (χ2v) is 7.00. The second kappa shape index (κ2) is 16.3. The fourth-order valence-corrected chi connectivity index (χ4v) is 3.29. The number of hydrogen-bond donors (Lipinski definition) is 2. The van der Waals surface area contributed by atoms with Crippen LogP contribution in [-0.2, 0) is 4.79 Å². The monoisotopic (exact) mass is 454 g/mol. The van der Waals surface area contributed by atoms with E-state index in [0.29, 0.717) is 0 Å². The zero-order chi connectivity index (χ0) is 18.1. The maximum Gasteiger partial charge on any atom is 0.224 e. The molecule has 0 aliphatic carbocycles. The minimum absolute atomic E-state index is 0. The van der Waals surface area contributed by atoms with Gasteiger partial charge in [-0.15, -0.1) is 37.2 Å². The van der Waals surface area contributed by atoms with Gasteiger partial charge in [-0.3, -0.25) is 4.79 Å². The average Bonchev–Trinajstić information content (AvgIpc) is 2.67. The van der Waals surface area contributed by atoms with E-state index in [0.717, 1.165) is 38.0 Å². The summed E-state index contributed by atoms with van der Waals surface area (Å²) in [7, 11) is 0. The van der Waals surface area contributed by atoms with E-state index < -0.39 is 0 Å². The molecule has 2 rings (SSSR count). The molecule has 1 heterocycles. The van der Waals surface area contributed by atoms with Crippen molar-refractivity contribution in [1.29, 1.82) is 0 Å². The standard InChI is InChI=1S/C20H34N4O.3ClH/c1-3-23-13-15-24(16-14-23)12-8-7-11-22-20(25)17(2)19(21)18-9-5-4-6-10-18;;;/h4-6,9-10,17,19H,3,7-8,11-16,21H2,1-2H3,(H,22,25);3*1H. The van der Waals surface area contributed by atoms with E-state index in [2.05, 4.69) is 22.0 Å². The molecule has 1 fully saturated rings. The predicted octanol–water partition coefficient (Wildman–Crippen LogP) is 3.12. The molecule has 164 valence electrons. The maximum atomic E-state index is 12.3. The fraction of sp³-hybridized carbons (Fsp3) is 0.650. The quantitative estimate of drug-likeness (QED) is 0.562.